The maximum Gasteiger partial charge on any atom is 0.160 e. The van der Waals surface area contributed by atoms with Gasteiger partial charge in [-0.2, -0.15) is 0 Å². The molecule has 0 saturated carbocycles. The van der Waals surface area contributed by atoms with Crippen molar-refractivity contribution in [2.45, 2.75) is 11.8 Å². The summed E-state index contributed by atoms with van der Waals surface area (Å²) in [6.07, 6.45) is 5.46. The van der Waals surface area contributed by atoms with Crippen LogP contribution in [0.3, 0.4) is 0 Å². The van der Waals surface area contributed by atoms with Crippen LogP contribution in [-0.4, -0.2) is 9.97 Å². The van der Waals surface area contributed by atoms with Gasteiger partial charge in [0.15, 0.2) is 5.82 Å². The third-order valence-corrected chi connectivity index (χ3v) is 12.1. The average Bonchev–Trinajstić information content (AvgIpc) is 3.57. The molecular weight excluding hydrogens is 693 g/mol. The first kappa shape index (κ1) is 31.9. The van der Waals surface area contributed by atoms with Crippen molar-refractivity contribution < 1.29 is 4.74 Å². The molecule has 1 aliphatic heterocycles. The van der Waals surface area contributed by atoms with E-state index in [-0.39, 0.29) is 0 Å². The lowest BCUT2D eigenvalue weighted by Gasteiger charge is -2.39. The minimum absolute atomic E-state index is 0.488. The third kappa shape index (κ3) is 4.79. The van der Waals surface area contributed by atoms with Gasteiger partial charge in [0.25, 0.3) is 0 Å². The Morgan fingerprint density at radius 3 is 1.91 bits per heavy atom. The van der Waals surface area contributed by atoms with E-state index in [4.69, 9.17) is 14.7 Å². The first-order chi connectivity index (χ1) is 28.2. The molecule has 3 heteroatoms. The van der Waals surface area contributed by atoms with E-state index >= 15 is 0 Å². The molecule has 266 valence electrons. The maximum atomic E-state index is 6.83. The lowest BCUT2D eigenvalue weighted by atomic mass is 9.66. The monoisotopic (exact) mass is 726 g/mol. The minimum Gasteiger partial charge on any atom is -0.457 e. The molecule has 0 bridgehead atoms. The van der Waals surface area contributed by atoms with Crippen LogP contribution in [0.5, 0.6) is 11.5 Å². The normalized spacial score (nSPS) is 13.8. The van der Waals surface area contributed by atoms with Gasteiger partial charge in [0, 0.05) is 27.8 Å². The number of hydrogen-bond acceptors (Lipinski definition) is 3. The van der Waals surface area contributed by atoms with Crippen molar-refractivity contribution in [1.29, 1.82) is 0 Å². The van der Waals surface area contributed by atoms with Crippen molar-refractivity contribution in [2.75, 3.05) is 0 Å². The molecule has 2 heterocycles. The Hall–Kier alpha value is -7.36. The lowest BCUT2D eigenvalue weighted by Crippen LogP contribution is -2.32. The van der Waals surface area contributed by atoms with Crippen molar-refractivity contribution in [3.05, 3.63) is 221 Å². The van der Waals surface area contributed by atoms with E-state index in [9.17, 15) is 0 Å². The highest BCUT2D eigenvalue weighted by molar-refractivity contribution is 5.98. The van der Waals surface area contributed by atoms with Gasteiger partial charge in [0.2, 0.25) is 0 Å². The molecule has 0 unspecified atom stereocenters. The van der Waals surface area contributed by atoms with E-state index in [2.05, 4.69) is 188 Å². The number of nitrogens with zero attached hydrogens (tertiary/aromatic N) is 2. The molecule has 9 aromatic rings. The quantitative estimate of drug-likeness (QED) is 0.181. The SMILES string of the molecule is C1=Cc2cc(-c3cc(-c4ccccc4)nc(-c4cccc(-c5ccc6c(c5)Oc5ccccc5C65c6ccccc6-c6ccccc65)c4)n3)cc3cccc(c23)C1. The number of rotatable bonds is 4. The van der Waals surface area contributed by atoms with Crippen molar-refractivity contribution in [3.63, 3.8) is 0 Å². The van der Waals surface area contributed by atoms with E-state index in [1.54, 1.807) is 0 Å². The molecule has 3 aliphatic rings. The standard InChI is InChI=1S/C54H34N2O/c1-2-13-34(14-3-1)48-33-49(41-30-38-18-10-15-35-16-11-19-39(31-41)52(35)38)56-53(55-48)40-20-12-17-36(29-40)37-27-28-47-51(32-37)57-50-26-9-8-25-46(50)54(47)44-23-6-4-21-42(44)43-22-5-7-24-45(43)54/h1-15,17-33H,16H2. The molecule has 0 N–H and O–H groups in total. The Balaban J connectivity index is 1.00. The molecule has 8 aromatic carbocycles. The highest BCUT2D eigenvalue weighted by Crippen LogP contribution is 2.62. The molecule has 0 fully saturated rings. The highest BCUT2D eigenvalue weighted by Gasteiger charge is 2.50. The highest BCUT2D eigenvalue weighted by atomic mass is 16.5. The van der Waals surface area contributed by atoms with Gasteiger partial charge in [-0.1, -0.05) is 158 Å². The van der Waals surface area contributed by atoms with E-state index in [1.807, 2.05) is 6.07 Å². The second kappa shape index (κ2) is 12.3. The molecule has 1 spiro atoms. The summed E-state index contributed by atoms with van der Waals surface area (Å²) >= 11 is 0. The lowest BCUT2D eigenvalue weighted by molar-refractivity contribution is 0.436. The second-order valence-electron chi connectivity index (χ2n) is 15.2. The molecular formula is C54H34N2O. The molecule has 12 rings (SSSR count). The van der Waals surface area contributed by atoms with Gasteiger partial charge in [-0.3, -0.25) is 0 Å². The van der Waals surface area contributed by atoms with Crippen molar-refractivity contribution >= 4 is 16.8 Å². The first-order valence-electron chi connectivity index (χ1n) is 19.6. The molecule has 1 aromatic heterocycles. The van der Waals surface area contributed by atoms with Crippen LogP contribution in [0.25, 0.3) is 73.0 Å². The Morgan fingerprint density at radius 2 is 1.09 bits per heavy atom. The second-order valence-corrected chi connectivity index (χ2v) is 15.2. The third-order valence-electron chi connectivity index (χ3n) is 12.1. The van der Waals surface area contributed by atoms with Gasteiger partial charge in [-0.15, -0.1) is 0 Å². The number of hydrogen-bond donors (Lipinski definition) is 0. The minimum atomic E-state index is -0.488. The van der Waals surface area contributed by atoms with Gasteiger partial charge in [-0.05, 0) is 98.1 Å². The smallest absolute Gasteiger partial charge is 0.160 e. The van der Waals surface area contributed by atoms with Crippen LogP contribution < -0.4 is 4.74 Å². The summed E-state index contributed by atoms with van der Waals surface area (Å²) in [7, 11) is 0. The first-order valence-corrected chi connectivity index (χ1v) is 19.6. The summed E-state index contributed by atoms with van der Waals surface area (Å²) in [4.78, 5) is 10.5. The van der Waals surface area contributed by atoms with E-state index in [0.29, 0.717) is 5.82 Å². The van der Waals surface area contributed by atoms with Crippen LogP contribution >= 0.6 is 0 Å². The predicted octanol–water partition coefficient (Wildman–Crippen LogP) is 13.3. The summed E-state index contributed by atoms with van der Waals surface area (Å²) in [6.45, 7) is 0. The zero-order valence-electron chi connectivity index (χ0n) is 31.0. The number of para-hydroxylation sites is 1. The van der Waals surface area contributed by atoms with Gasteiger partial charge >= 0.3 is 0 Å². The zero-order chi connectivity index (χ0) is 37.5. The average molecular weight is 727 g/mol. The zero-order valence-corrected chi connectivity index (χ0v) is 31.0. The number of benzene rings is 8. The fourth-order valence-corrected chi connectivity index (χ4v) is 9.66. The van der Waals surface area contributed by atoms with Crippen LogP contribution in [0, 0.1) is 0 Å². The summed E-state index contributed by atoms with van der Waals surface area (Å²) in [5, 5.41) is 2.56. The number of allylic oxidation sites excluding steroid dienone is 1. The number of aromatic nitrogens is 2. The van der Waals surface area contributed by atoms with Gasteiger partial charge in [-0.25, -0.2) is 9.97 Å². The van der Waals surface area contributed by atoms with Crippen LogP contribution in [0.4, 0.5) is 0 Å². The summed E-state index contributed by atoms with van der Waals surface area (Å²) in [6, 6.07) is 65.2. The fourth-order valence-electron chi connectivity index (χ4n) is 9.66. The molecule has 0 radical (unpaired) electrons. The number of fused-ring (bicyclic) bond motifs is 9. The Labute approximate surface area is 331 Å². The molecule has 0 saturated heterocycles. The summed E-state index contributed by atoms with van der Waals surface area (Å²) < 4.78 is 6.83. The van der Waals surface area contributed by atoms with E-state index in [1.165, 1.54) is 49.7 Å². The molecule has 2 aliphatic carbocycles. The Morgan fingerprint density at radius 1 is 0.439 bits per heavy atom. The fraction of sp³-hybridized carbons (Fsp3) is 0.0370. The molecule has 0 amide bonds. The van der Waals surface area contributed by atoms with Gasteiger partial charge in [0.1, 0.15) is 11.5 Å². The largest absolute Gasteiger partial charge is 0.457 e. The Kier molecular flexibility index (Phi) is 6.91. The number of ether oxygens (including phenoxy) is 1. The van der Waals surface area contributed by atoms with E-state index in [0.717, 1.165) is 62.7 Å². The van der Waals surface area contributed by atoms with Crippen LogP contribution in [0.1, 0.15) is 33.4 Å². The van der Waals surface area contributed by atoms with E-state index < -0.39 is 5.41 Å². The van der Waals surface area contributed by atoms with Gasteiger partial charge < -0.3 is 4.74 Å². The van der Waals surface area contributed by atoms with Crippen molar-refractivity contribution in [1.82, 2.24) is 9.97 Å². The van der Waals surface area contributed by atoms with Crippen LogP contribution in [0.2, 0.25) is 0 Å². The maximum absolute atomic E-state index is 6.83. The van der Waals surface area contributed by atoms with Crippen molar-refractivity contribution in [3.8, 4) is 67.7 Å². The van der Waals surface area contributed by atoms with Crippen LogP contribution in [-0.2, 0) is 11.8 Å². The Bertz CT molecular complexity index is 3100. The van der Waals surface area contributed by atoms with Crippen LogP contribution in [0.15, 0.2) is 188 Å². The molecule has 3 nitrogen and oxygen atoms in total. The summed E-state index contributed by atoms with van der Waals surface area (Å²) in [5.41, 5.74) is 16.6. The molecule has 0 atom stereocenters. The topological polar surface area (TPSA) is 35.0 Å². The summed E-state index contributed by atoms with van der Waals surface area (Å²) in [5.74, 6) is 2.44. The van der Waals surface area contributed by atoms with Crippen molar-refractivity contribution in [2.24, 2.45) is 0 Å². The molecule has 57 heavy (non-hydrogen) atoms. The van der Waals surface area contributed by atoms with Gasteiger partial charge in [0.05, 0.1) is 16.8 Å². The predicted molar refractivity (Wildman–Crippen MR) is 231 cm³/mol.